The van der Waals surface area contributed by atoms with E-state index in [0.29, 0.717) is 17.1 Å². The molecule has 0 bridgehead atoms. The molecule has 0 saturated heterocycles. The molecule has 29 heavy (non-hydrogen) atoms. The Hall–Kier alpha value is -3.13. The molecule has 1 heterocycles. The van der Waals surface area contributed by atoms with E-state index in [1.807, 2.05) is 12.1 Å². The lowest BCUT2D eigenvalue weighted by Gasteiger charge is -2.12. The summed E-state index contributed by atoms with van der Waals surface area (Å²) in [5.41, 5.74) is 0.108. The number of halogens is 4. The summed E-state index contributed by atoms with van der Waals surface area (Å²) in [4.78, 5) is 28.2. The highest BCUT2D eigenvalue weighted by Crippen LogP contribution is 2.36. The van der Waals surface area contributed by atoms with Crippen molar-refractivity contribution >= 4 is 40.1 Å². The van der Waals surface area contributed by atoms with Gasteiger partial charge in [-0.3, -0.25) is 14.6 Å². The van der Waals surface area contributed by atoms with Gasteiger partial charge < -0.3 is 10.1 Å². The van der Waals surface area contributed by atoms with Crippen LogP contribution in [0.25, 0.3) is 10.9 Å². The van der Waals surface area contributed by atoms with E-state index in [-0.39, 0.29) is 12.1 Å². The molecule has 0 spiro atoms. The molecule has 0 aliphatic rings. The summed E-state index contributed by atoms with van der Waals surface area (Å²) < 4.78 is 43.5. The van der Waals surface area contributed by atoms with Crippen LogP contribution < -0.4 is 5.32 Å². The third kappa shape index (κ3) is 5.23. The van der Waals surface area contributed by atoms with Crippen molar-refractivity contribution in [2.75, 3.05) is 11.9 Å². The van der Waals surface area contributed by atoms with Crippen LogP contribution in [0.15, 0.2) is 54.7 Å². The molecule has 0 radical (unpaired) electrons. The van der Waals surface area contributed by atoms with Crippen LogP contribution in [0.1, 0.15) is 11.1 Å². The van der Waals surface area contributed by atoms with Gasteiger partial charge in [0.1, 0.15) is 0 Å². The lowest BCUT2D eigenvalue weighted by molar-refractivity contribution is -0.146. The highest BCUT2D eigenvalue weighted by molar-refractivity contribution is 6.31. The first kappa shape index (κ1) is 20.6. The first-order valence-corrected chi connectivity index (χ1v) is 8.76. The number of nitrogens with one attached hydrogen (secondary N) is 1. The fraction of sp³-hybridized carbons (Fsp3) is 0.150. The predicted molar refractivity (Wildman–Crippen MR) is 101 cm³/mol. The molecule has 0 atom stereocenters. The van der Waals surface area contributed by atoms with Crippen LogP contribution in [0, 0.1) is 0 Å². The SMILES string of the molecule is O=C(COC(=O)Cc1cccc2cccnc12)Nc1ccc(Cl)c(C(F)(F)F)c1. The van der Waals surface area contributed by atoms with E-state index < -0.39 is 35.2 Å². The molecule has 0 unspecified atom stereocenters. The number of benzene rings is 2. The minimum Gasteiger partial charge on any atom is -0.455 e. The number of para-hydroxylation sites is 1. The zero-order valence-electron chi connectivity index (χ0n) is 14.8. The number of fused-ring (bicyclic) bond motifs is 1. The molecule has 1 aromatic heterocycles. The fourth-order valence-corrected chi connectivity index (χ4v) is 2.90. The summed E-state index contributed by atoms with van der Waals surface area (Å²) in [5.74, 6) is -1.43. The Morgan fingerprint density at radius 2 is 1.86 bits per heavy atom. The monoisotopic (exact) mass is 422 g/mol. The largest absolute Gasteiger partial charge is 0.455 e. The second-order valence-corrected chi connectivity index (χ2v) is 6.48. The van der Waals surface area contributed by atoms with Crippen molar-refractivity contribution in [2.45, 2.75) is 12.6 Å². The summed E-state index contributed by atoms with van der Waals surface area (Å²) in [6.45, 7) is -0.638. The molecule has 150 valence electrons. The third-order valence-electron chi connectivity index (χ3n) is 3.97. The zero-order valence-corrected chi connectivity index (χ0v) is 15.6. The number of nitrogens with zero attached hydrogens (tertiary/aromatic N) is 1. The Balaban J connectivity index is 1.59. The molecule has 3 aromatic rings. The van der Waals surface area contributed by atoms with Crippen LogP contribution >= 0.6 is 11.6 Å². The highest BCUT2D eigenvalue weighted by atomic mass is 35.5. The number of ether oxygens (including phenoxy) is 1. The van der Waals surface area contributed by atoms with Gasteiger partial charge in [0.05, 0.1) is 22.5 Å². The van der Waals surface area contributed by atoms with E-state index in [9.17, 15) is 22.8 Å². The van der Waals surface area contributed by atoms with Gasteiger partial charge in [0.2, 0.25) is 0 Å². The number of aromatic nitrogens is 1. The van der Waals surface area contributed by atoms with Gasteiger partial charge in [0, 0.05) is 17.3 Å². The zero-order chi connectivity index (χ0) is 21.0. The molecule has 3 rings (SSSR count). The maximum Gasteiger partial charge on any atom is 0.417 e. The summed E-state index contributed by atoms with van der Waals surface area (Å²) in [5, 5.41) is 2.62. The van der Waals surface area contributed by atoms with Crippen molar-refractivity contribution in [1.29, 1.82) is 0 Å². The third-order valence-corrected chi connectivity index (χ3v) is 4.30. The van der Waals surface area contributed by atoms with Gasteiger partial charge in [-0.15, -0.1) is 0 Å². The molecule has 0 saturated carbocycles. The Bertz CT molecular complexity index is 1070. The van der Waals surface area contributed by atoms with Crippen molar-refractivity contribution in [1.82, 2.24) is 4.98 Å². The van der Waals surface area contributed by atoms with Crippen LogP contribution in [0.5, 0.6) is 0 Å². The normalized spacial score (nSPS) is 11.3. The fourth-order valence-electron chi connectivity index (χ4n) is 2.68. The topological polar surface area (TPSA) is 68.3 Å². The number of rotatable bonds is 5. The van der Waals surface area contributed by atoms with Crippen molar-refractivity contribution in [3.8, 4) is 0 Å². The number of amides is 1. The number of hydrogen-bond acceptors (Lipinski definition) is 4. The average molecular weight is 423 g/mol. The number of carbonyl (C=O) groups excluding carboxylic acids is 2. The average Bonchev–Trinajstić information content (AvgIpc) is 2.67. The smallest absolute Gasteiger partial charge is 0.417 e. The van der Waals surface area contributed by atoms with E-state index in [1.54, 1.807) is 24.4 Å². The Morgan fingerprint density at radius 3 is 2.62 bits per heavy atom. The first-order valence-electron chi connectivity index (χ1n) is 8.39. The minimum absolute atomic E-state index is 0.0964. The van der Waals surface area contributed by atoms with E-state index in [1.165, 1.54) is 6.07 Å². The summed E-state index contributed by atoms with van der Waals surface area (Å²) in [6, 6.07) is 11.9. The number of hydrogen-bond donors (Lipinski definition) is 1. The van der Waals surface area contributed by atoms with Crippen LogP contribution in [0.3, 0.4) is 0 Å². The molecule has 9 heteroatoms. The van der Waals surface area contributed by atoms with Crippen LogP contribution in [0.2, 0.25) is 5.02 Å². The lowest BCUT2D eigenvalue weighted by Crippen LogP contribution is -2.22. The van der Waals surface area contributed by atoms with Crippen molar-refractivity contribution in [2.24, 2.45) is 0 Å². The Labute approximate surface area is 168 Å². The molecular weight excluding hydrogens is 409 g/mol. The molecule has 0 fully saturated rings. The minimum atomic E-state index is -4.66. The van der Waals surface area contributed by atoms with Crippen LogP contribution in [-0.2, 0) is 26.9 Å². The van der Waals surface area contributed by atoms with Gasteiger partial charge in [-0.1, -0.05) is 35.9 Å². The second kappa shape index (κ2) is 8.48. The number of alkyl halides is 3. The first-order chi connectivity index (χ1) is 13.7. The maximum absolute atomic E-state index is 12.9. The van der Waals surface area contributed by atoms with Crippen LogP contribution in [-0.4, -0.2) is 23.5 Å². The van der Waals surface area contributed by atoms with E-state index in [0.717, 1.165) is 11.5 Å². The summed E-state index contributed by atoms with van der Waals surface area (Å²) in [7, 11) is 0. The van der Waals surface area contributed by atoms with Crippen LogP contribution in [0.4, 0.5) is 18.9 Å². The maximum atomic E-state index is 12.9. The van der Waals surface area contributed by atoms with Crippen molar-refractivity contribution < 1.29 is 27.5 Å². The summed E-state index contributed by atoms with van der Waals surface area (Å²) in [6.07, 6.45) is -3.15. The molecular formula is C20H14ClF3N2O3. The summed E-state index contributed by atoms with van der Waals surface area (Å²) >= 11 is 5.53. The van der Waals surface area contributed by atoms with E-state index >= 15 is 0 Å². The van der Waals surface area contributed by atoms with Gasteiger partial charge in [-0.05, 0) is 29.8 Å². The standard InChI is InChI=1S/C20H14ClF3N2O3/c21-16-7-6-14(10-15(16)20(22,23)24)26-17(27)11-29-18(28)9-13-4-1-3-12-5-2-8-25-19(12)13/h1-8,10H,9,11H2,(H,26,27). The Morgan fingerprint density at radius 1 is 1.10 bits per heavy atom. The highest BCUT2D eigenvalue weighted by Gasteiger charge is 2.33. The predicted octanol–water partition coefficient (Wildman–Crippen LogP) is 4.63. The van der Waals surface area contributed by atoms with Crippen molar-refractivity contribution in [3.05, 3.63) is 70.9 Å². The number of pyridine rings is 1. The lowest BCUT2D eigenvalue weighted by atomic mass is 10.1. The number of esters is 1. The molecule has 0 aliphatic heterocycles. The van der Waals surface area contributed by atoms with Crippen molar-refractivity contribution in [3.63, 3.8) is 0 Å². The molecule has 1 amide bonds. The quantitative estimate of drug-likeness (QED) is 0.609. The van der Waals surface area contributed by atoms with Gasteiger partial charge in [-0.25, -0.2) is 0 Å². The van der Waals surface area contributed by atoms with Gasteiger partial charge >= 0.3 is 12.1 Å². The molecule has 1 N–H and O–H groups in total. The van der Waals surface area contributed by atoms with E-state index in [4.69, 9.17) is 16.3 Å². The van der Waals surface area contributed by atoms with Gasteiger partial charge in [0.15, 0.2) is 6.61 Å². The van der Waals surface area contributed by atoms with Gasteiger partial charge in [0.25, 0.3) is 5.91 Å². The van der Waals surface area contributed by atoms with Gasteiger partial charge in [-0.2, -0.15) is 13.2 Å². The second-order valence-electron chi connectivity index (χ2n) is 6.07. The number of carbonyl (C=O) groups is 2. The Kier molecular flexibility index (Phi) is 6.03. The molecule has 0 aliphatic carbocycles. The number of anilines is 1. The molecule has 2 aromatic carbocycles. The molecule has 5 nitrogen and oxygen atoms in total. The van der Waals surface area contributed by atoms with E-state index in [2.05, 4.69) is 10.3 Å².